The summed E-state index contributed by atoms with van der Waals surface area (Å²) < 4.78 is 4.99. The van der Waals surface area contributed by atoms with E-state index in [-0.39, 0.29) is 17.1 Å². The number of carbonyl (C=O) groups excluding carboxylic acids is 1. The Labute approximate surface area is 115 Å². The van der Waals surface area contributed by atoms with Gasteiger partial charge in [0.2, 0.25) is 0 Å². The third-order valence-corrected chi connectivity index (χ3v) is 2.71. The number of hydrogen-bond acceptors (Lipinski definition) is 5. The summed E-state index contributed by atoms with van der Waals surface area (Å²) in [6.07, 6.45) is 0. The van der Waals surface area contributed by atoms with Gasteiger partial charge in [-0.25, -0.2) is 0 Å². The summed E-state index contributed by atoms with van der Waals surface area (Å²) in [5, 5.41) is 14.9. The molecule has 0 fully saturated rings. The molecular weight excluding hydrogens is 260 g/mol. The lowest BCUT2D eigenvalue weighted by atomic mass is 10.2. The van der Waals surface area contributed by atoms with Gasteiger partial charge in [0.15, 0.2) is 0 Å². The molecule has 102 valence electrons. The average Bonchev–Trinajstić information content (AvgIpc) is 2.49. The fourth-order valence-electron chi connectivity index (χ4n) is 1.66. The highest BCUT2D eigenvalue weighted by atomic mass is 16.5. The van der Waals surface area contributed by atoms with E-state index in [9.17, 15) is 14.8 Å². The van der Waals surface area contributed by atoms with E-state index < -0.39 is 5.91 Å². The number of hydrogen-bond donors (Lipinski definition) is 2. The molecule has 2 N–H and O–H groups in total. The van der Waals surface area contributed by atoms with Gasteiger partial charge in [0.05, 0.1) is 7.11 Å². The average molecular weight is 272 g/mol. The molecule has 2 aromatic carbocycles. The van der Waals surface area contributed by atoms with Gasteiger partial charge >= 0.3 is 0 Å². The van der Waals surface area contributed by atoms with E-state index >= 15 is 0 Å². The molecule has 0 aliphatic heterocycles. The summed E-state index contributed by atoms with van der Waals surface area (Å²) in [7, 11) is 1.53. The van der Waals surface area contributed by atoms with Crippen molar-refractivity contribution in [2.45, 2.75) is 0 Å². The summed E-state index contributed by atoms with van der Waals surface area (Å²) in [4.78, 5) is 22.7. The molecule has 6 nitrogen and oxygen atoms in total. The number of carbonyl (C=O) groups is 1. The van der Waals surface area contributed by atoms with Crippen LogP contribution in [0.25, 0.3) is 0 Å². The maximum absolute atomic E-state index is 12.0. The van der Waals surface area contributed by atoms with E-state index in [0.29, 0.717) is 11.3 Å². The van der Waals surface area contributed by atoms with Crippen LogP contribution >= 0.6 is 0 Å². The first kappa shape index (κ1) is 13.5. The lowest BCUT2D eigenvalue weighted by molar-refractivity contribution is 0.102. The van der Waals surface area contributed by atoms with Crippen LogP contribution in [0.15, 0.2) is 47.6 Å². The molecule has 0 saturated heterocycles. The van der Waals surface area contributed by atoms with Gasteiger partial charge in [-0.05, 0) is 41.6 Å². The van der Waals surface area contributed by atoms with E-state index in [4.69, 9.17) is 4.74 Å². The first-order chi connectivity index (χ1) is 9.65. The van der Waals surface area contributed by atoms with Crippen molar-refractivity contribution in [3.05, 3.63) is 52.9 Å². The van der Waals surface area contributed by atoms with Crippen LogP contribution in [0.4, 0.5) is 11.4 Å². The molecule has 0 atom stereocenters. The lowest BCUT2D eigenvalue weighted by Gasteiger charge is -2.09. The van der Waals surface area contributed by atoms with Gasteiger partial charge in [0, 0.05) is 5.56 Å². The third kappa shape index (κ3) is 2.74. The van der Waals surface area contributed by atoms with Crippen molar-refractivity contribution in [2.24, 2.45) is 5.18 Å². The number of para-hydroxylation sites is 1. The van der Waals surface area contributed by atoms with Crippen molar-refractivity contribution >= 4 is 17.3 Å². The van der Waals surface area contributed by atoms with Gasteiger partial charge in [-0.3, -0.25) is 4.79 Å². The van der Waals surface area contributed by atoms with Gasteiger partial charge < -0.3 is 15.2 Å². The molecule has 6 heteroatoms. The van der Waals surface area contributed by atoms with Crippen molar-refractivity contribution in [2.75, 3.05) is 12.4 Å². The van der Waals surface area contributed by atoms with Crippen LogP contribution in [-0.2, 0) is 0 Å². The number of ether oxygens (including phenoxy) is 1. The molecule has 0 radical (unpaired) electrons. The van der Waals surface area contributed by atoms with Crippen LogP contribution in [0, 0.1) is 4.91 Å². The smallest absolute Gasteiger partial charge is 0.255 e. The van der Waals surface area contributed by atoms with Crippen LogP contribution in [0.3, 0.4) is 0 Å². The largest absolute Gasteiger partial charge is 0.506 e. The number of anilines is 1. The van der Waals surface area contributed by atoms with Crippen molar-refractivity contribution in [1.29, 1.82) is 0 Å². The highest BCUT2D eigenvalue weighted by Gasteiger charge is 2.13. The van der Waals surface area contributed by atoms with Crippen LogP contribution < -0.4 is 10.1 Å². The number of nitrogens with zero attached hydrogens (tertiary/aromatic N) is 1. The fraction of sp³-hybridized carbons (Fsp3) is 0.0714. The van der Waals surface area contributed by atoms with Gasteiger partial charge in [0.25, 0.3) is 5.91 Å². The van der Waals surface area contributed by atoms with Crippen LogP contribution in [0.1, 0.15) is 10.4 Å². The number of benzene rings is 2. The predicted molar refractivity (Wildman–Crippen MR) is 74.5 cm³/mol. The van der Waals surface area contributed by atoms with Crippen molar-refractivity contribution in [1.82, 2.24) is 0 Å². The lowest BCUT2D eigenvalue weighted by Crippen LogP contribution is -2.12. The normalized spacial score (nSPS) is 9.85. The molecule has 0 aliphatic rings. The van der Waals surface area contributed by atoms with Gasteiger partial charge in [-0.1, -0.05) is 6.07 Å². The number of aromatic hydroxyl groups is 1. The fourth-order valence-corrected chi connectivity index (χ4v) is 1.66. The second-order valence-electron chi connectivity index (χ2n) is 3.95. The number of nitroso groups, excluding NO2 is 1. The molecule has 0 saturated carbocycles. The number of amides is 1. The summed E-state index contributed by atoms with van der Waals surface area (Å²) in [6, 6.07) is 10.6. The first-order valence-electron chi connectivity index (χ1n) is 5.76. The minimum Gasteiger partial charge on any atom is -0.506 e. The van der Waals surface area contributed by atoms with E-state index in [1.165, 1.54) is 25.3 Å². The Kier molecular flexibility index (Phi) is 3.95. The number of rotatable bonds is 4. The van der Waals surface area contributed by atoms with Crippen molar-refractivity contribution < 1.29 is 14.6 Å². The molecule has 0 bridgehead atoms. The predicted octanol–water partition coefficient (Wildman–Crippen LogP) is 3.05. The van der Waals surface area contributed by atoms with Crippen molar-refractivity contribution in [3.8, 4) is 11.5 Å². The maximum Gasteiger partial charge on any atom is 0.255 e. The Balaban J connectivity index is 2.25. The van der Waals surface area contributed by atoms with Gasteiger partial charge in [-0.15, -0.1) is 4.91 Å². The Morgan fingerprint density at radius 2 is 1.90 bits per heavy atom. The van der Waals surface area contributed by atoms with E-state index in [1.54, 1.807) is 24.3 Å². The molecule has 0 spiro atoms. The number of methoxy groups -OCH3 is 1. The molecule has 2 aromatic rings. The molecule has 0 aliphatic carbocycles. The quantitative estimate of drug-likeness (QED) is 0.661. The zero-order valence-electron chi connectivity index (χ0n) is 10.7. The highest BCUT2D eigenvalue weighted by molar-refractivity contribution is 6.06. The SMILES string of the molecule is COc1ccc(C(=O)Nc2c(O)cccc2N=O)cc1. The van der Waals surface area contributed by atoms with Gasteiger partial charge in [-0.2, -0.15) is 0 Å². The number of nitrogens with one attached hydrogen (secondary N) is 1. The zero-order valence-corrected chi connectivity index (χ0v) is 10.7. The molecule has 0 aromatic heterocycles. The molecule has 1 amide bonds. The van der Waals surface area contributed by atoms with Crippen LogP contribution in [0.5, 0.6) is 11.5 Å². The summed E-state index contributed by atoms with van der Waals surface area (Å²) in [5.41, 5.74) is 0.320. The third-order valence-electron chi connectivity index (χ3n) is 2.71. The monoisotopic (exact) mass is 272 g/mol. The van der Waals surface area contributed by atoms with E-state index in [1.807, 2.05) is 0 Å². The highest BCUT2D eigenvalue weighted by Crippen LogP contribution is 2.33. The first-order valence-corrected chi connectivity index (χ1v) is 5.76. The number of phenolic OH excluding ortho intramolecular Hbond substituents is 1. The maximum atomic E-state index is 12.0. The van der Waals surface area contributed by atoms with E-state index in [0.717, 1.165) is 0 Å². The molecular formula is C14H12N2O4. The number of phenols is 1. The minimum atomic E-state index is -0.459. The Bertz CT molecular complexity index is 638. The second-order valence-corrected chi connectivity index (χ2v) is 3.95. The molecule has 0 heterocycles. The zero-order chi connectivity index (χ0) is 14.5. The molecule has 20 heavy (non-hydrogen) atoms. The Hall–Kier alpha value is -2.89. The summed E-state index contributed by atoms with van der Waals surface area (Å²) in [5.74, 6) is -0.0534. The summed E-state index contributed by atoms with van der Waals surface area (Å²) in [6.45, 7) is 0. The topological polar surface area (TPSA) is 88.0 Å². The van der Waals surface area contributed by atoms with Crippen molar-refractivity contribution in [3.63, 3.8) is 0 Å². The second kappa shape index (κ2) is 5.83. The van der Waals surface area contributed by atoms with E-state index in [2.05, 4.69) is 10.5 Å². The Morgan fingerprint density at radius 3 is 2.50 bits per heavy atom. The summed E-state index contributed by atoms with van der Waals surface area (Å²) >= 11 is 0. The minimum absolute atomic E-state index is 0.0108. The standard InChI is InChI=1S/C14H12N2O4/c1-20-10-7-5-9(6-8-10)14(18)15-13-11(16-19)3-2-4-12(13)17/h2-8,17H,1H3,(H,15,18). The Morgan fingerprint density at radius 1 is 1.20 bits per heavy atom. The van der Waals surface area contributed by atoms with Crippen LogP contribution in [0.2, 0.25) is 0 Å². The molecule has 0 unspecified atom stereocenters. The van der Waals surface area contributed by atoms with Crippen LogP contribution in [-0.4, -0.2) is 18.1 Å². The van der Waals surface area contributed by atoms with Gasteiger partial charge in [0.1, 0.15) is 22.9 Å². The molecule has 2 rings (SSSR count).